The van der Waals surface area contributed by atoms with Gasteiger partial charge in [0.25, 0.3) is 0 Å². The van der Waals surface area contributed by atoms with Gasteiger partial charge in [0, 0.05) is 18.6 Å². The standard InChI is InChI=1S/C15H21N3S/c1-10-4-7-14-13(8-10)16-15(19)18(14)9-11(2)17(3)12-5-6-12/h4,7-8,11-12H,5-6,9H2,1-3H3,(H,16,19). The molecule has 1 heterocycles. The third-order valence-corrected chi connectivity index (χ3v) is 4.52. The van der Waals surface area contributed by atoms with E-state index in [2.05, 4.69) is 53.5 Å². The first-order chi connectivity index (χ1) is 9.06. The monoisotopic (exact) mass is 275 g/mol. The topological polar surface area (TPSA) is 24.0 Å². The van der Waals surface area contributed by atoms with E-state index in [1.165, 1.54) is 23.9 Å². The largest absolute Gasteiger partial charge is 0.331 e. The van der Waals surface area contributed by atoms with Crippen molar-refractivity contribution < 1.29 is 0 Å². The molecule has 0 saturated heterocycles. The van der Waals surface area contributed by atoms with Crippen molar-refractivity contribution in [2.24, 2.45) is 0 Å². The fraction of sp³-hybridized carbons (Fsp3) is 0.533. The first kappa shape index (κ1) is 12.9. The number of aromatic nitrogens is 2. The Labute approximate surface area is 119 Å². The summed E-state index contributed by atoms with van der Waals surface area (Å²) in [6.45, 7) is 5.35. The molecule has 2 aromatic rings. The molecule has 1 fully saturated rings. The molecule has 3 nitrogen and oxygen atoms in total. The molecule has 0 spiro atoms. The normalized spacial score (nSPS) is 17.3. The predicted molar refractivity (Wildman–Crippen MR) is 82.1 cm³/mol. The average molecular weight is 275 g/mol. The molecule has 19 heavy (non-hydrogen) atoms. The molecular weight excluding hydrogens is 254 g/mol. The van der Waals surface area contributed by atoms with Gasteiger partial charge in [-0.3, -0.25) is 4.90 Å². The molecule has 1 aromatic heterocycles. The number of nitrogens with one attached hydrogen (secondary N) is 1. The van der Waals surface area contributed by atoms with E-state index < -0.39 is 0 Å². The van der Waals surface area contributed by atoms with Gasteiger partial charge in [0.1, 0.15) is 0 Å². The van der Waals surface area contributed by atoms with E-state index in [0.29, 0.717) is 6.04 Å². The fourth-order valence-corrected chi connectivity index (χ4v) is 2.98. The van der Waals surface area contributed by atoms with Crippen LogP contribution in [0.2, 0.25) is 0 Å². The summed E-state index contributed by atoms with van der Waals surface area (Å²) >= 11 is 5.47. The van der Waals surface area contributed by atoms with Gasteiger partial charge in [0.15, 0.2) is 4.77 Å². The van der Waals surface area contributed by atoms with Crippen LogP contribution < -0.4 is 0 Å². The smallest absolute Gasteiger partial charge is 0.178 e. The van der Waals surface area contributed by atoms with E-state index in [1.54, 1.807) is 0 Å². The molecule has 1 aromatic carbocycles. The summed E-state index contributed by atoms with van der Waals surface area (Å²) in [6, 6.07) is 7.78. The van der Waals surface area contributed by atoms with Gasteiger partial charge in [-0.1, -0.05) is 6.07 Å². The SMILES string of the molecule is Cc1ccc2c(c1)[nH]c(=S)n2CC(C)N(C)C1CC1. The molecule has 0 bridgehead atoms. The van der Waals surface area contributed by atoms with E-state index in [9.17, 15) is 0 Å². The summed E-state index contributed by atoms with van der Waals surface area (Å²) in [6.07, 6.45) is 2.69. The second-order valence-electron chi connectivity index (χ2n) is 5.81. The summed E-state index contributed by atoms with van der Waals surface area (Å²) in [5.41, 5.74) is 3.62. The Morgan fingerprint density at radius 1 is 1.47 bits per heavy atom. The summed E-state index contributed by atoms with van der Waals surface area (Å²) in [4.78, 5) is 5.80. The highest BCUT2D eigenvalue weighted by Gasteiger charge is 2.29. The lowest BCUT2D eigenvalue weighted by atomic mass is 10.2. The van der Waals surface area contributed by atoms with Crippen molar-refractivity contribution >= 4 is 23.3 Å². The Kier molecular flexibility index (Phi) is 3.23. The van der Waals surface area contributed by atoms with Gasteiger partial charge in [-0.15, -0.1) is 0 Å². The van der Waals surface area contributed by atoms with Gasteiger partial charge in [0.2, 0.25) is 0 Å². The van der Waals surface area contributed by atoms with Gasteiger partial charge in [0.05, 0.1) is 11.0 Å². The number of hydrogen-bond acceptors (Lipinski definition) is 2. The maximum Gasteiger partial charge on any atom is 0.178 e. The third kappa shape index (κ3) is 2.47. The lowest BCUT2D eigenvalue weighted by Crippen LogP contribution is -2.34. The zero-order chi connectivity index (χ0) is 13.6. The second kappa shape index (κ2) is 4.76. The van der Waals surface area contributed by atoms with E-state index in [0.717, 1.165) is 22.9 Å². The summed E-state index contributed by atoms with van der Waals surface area (Å²) in [7, 11) is 2.23. The van der Waals surface area contributed by atoms with E-state index in [-0.39, 0.29) is 0 Å². The quantitative estimate of drug-likeness (QED) is 0.864. The first-order valence-electron chi connectivity index (χ1n) is 6.97. The maximum absolute atomic E-state index is 5.47. The molecule has 1 aliphatic carbocycles. The van der Waals surface area contributed by atoms with Crippen LogP contribution in [0.15, 0.2) is 18.2 Å². The minimum atomic E-state index is 0.513. The lowest BCUT2D eigenvalue weighted by Gasteiger charge is -2.25. The molecule has 1 saturated carbocycles. The molecule has 1 aliphatic rings. The van der Waals surface area contributed by atoms with Crippen LogP contribution in [-0.4, -0.2) is 33.6 Å². The molecule has 3 rings (SSSR count). The number of imidazole rings is 1. The van der Waals surface area contributed by atoms with Crippen molar-refractivity contribution in [1.29, 1.82) is 0 Å². The number of nitrogens with zero attached hydrogens (tertiary/aromatic N) is 2. The van der Waals surface area contributed by atoms with Crippen LogP contribution in [0.3, 0.4) is 0 Å². The van der Waals surface area contributed by atoms with Gasteiger partial charge in [-0.05, 0) is 63.7 Å². The van der Waals surface area contributed by atoms with Gasteiger partial charge in [-0.2, -0.15) is 0 Å². The highest BCUT2D eigenvalue weighted by molar-refractivity contribution is 7.71. The summed E-state index contributed by atoms with van der Waals surface area (Å²) < 4.78 is 3.06. The van der Waals surface area contributed by atoms with Crippen LogP contribution in [0, 0.1) is 11.7 Å². The average Bonchev–Trinajstić information content (AvgIpc) is 3.15. The molecule has 1 unspecified atom stereocenters. The van der Waals surface area contributed by atoms with E-state index in [4.69, 9.17) is 12.2 Å². The number of benzene rings is 1. The van der Waals surface area contributed by atoms with Gasteiger partial charge < -0.3 is 9.55 Å². The van der Waals surface area contributed by atoms with Crippen LogP contribution >= 0.6 is 12.2 Å². The Bertz CT molecular complexity index is 651. The van der Waals surface area contributed by atoms with Crippen molar-refractivity contribution in [3.8, 4) is 0 Å². The molecule has 0 amide bonds. The Morgan fingerprint density at radius 3 is 2.89 bits per heavy atom. The van der Waals surface area contributed by atoms with Crippen molar-refractivity contribution in [2.45, 2.75) is 45.3 Å². The van der Waals surface area contributed by atoms with Crippen LogP contribution in [0.5, 0.6) is 0 Å². The van der Waals surface area contributed by atoms with Crippen molar-refractivity contribution in [3.63, 3.8) is 0 Å². The summed E-state index contributed by atoms with van der Waals surface area (Å²) in [5, 5.41) is 0. The fourth-order valence-electron chi connectivity index (χ4n) is 2.69. The molecule has 0 radical (unpaired) electrons. The zero-order valence-corrected chi connectivity index (χ0v) is 12.6. The van der Waals surface area contributed by atoms with E-state index >= 15 is 0 Å². The molecule has 1 N–H and O–H groups in total. The number of aryl methyl sites for hydroxylation is 1. The van der Waals surface area contributed by atoms with Crippen molar-refractivity contribution in [2.75, 3.05) is 7.05 Å². The predicted octanol–water partition coefficient (Wildman–Crippen LogP) is 3.49. The number of fused-ring (bicyclic) bond motifs is 1. The Hall–Kier alpha value is -1.13. The molecule has 4 heteroatoms. The third-order valence-electron chi connectivity index (χ3n) is 4.19. The number of aromatic amines is 1. The molecule has 102 valence electrons. The molecular formula is C15H21N3S. The number of rotatable bonds is 4. The molecule has 0 aliphatic heterocycles. The van der Waals surface area contributed by atoms with Gasteiger partial charge >= 0.3 is 0 Å². The highest BCUT2D eigenvalue weighted by atomic mass is 32.1. The number of likely N-dealkylation sites (N-methyl/N-ethyl adjacent to an activating group) is 1. The summed E-state index contributed by atoms with van der Waals surface area (Å²) in [5.74, 6) is 0. The Morgan fingerprint density at radius 2 is 2.21 bits per heavy atom. The first-order valence-corrected chi connectivity index (χ1v) is 7.38. The van der Waals surface area contributed by atoms with Gasteiger partial charge in [-0.25, -0.2) is 0 Å². The Balaban J connectivity index is 1.91. The van der Waals surface area contributed by atoms with Crippen LogP contribution in [0.4, 0.5) is 0 Å². The number of hydrogen-bond donors (Lipinski definition) is 1. The van der Waals surface area contributed by atoms with E-state index in [1.807, 2.05) is 0 Å². The van der Waals surface area contributed by atoms with Crippen LogP contribution in [0.25, 0.3) is 11.0 Å². The maximum atomic E-state index is 5.47. The van der Waals surface area contributed by atoms with Crippen LogP contribution in [0.1, 0.15) is 25.3 Å². The van der Waals surface area contributed by atoms with Crippen molar-refractivity contribution in [1.82, 2.24) is 14.5 Å². The van der Waals surface area contributed by atoms with Crippen molar-refractivity contribution in [3.05, 3.63) is 28.5 Å². The number of H-pyrrole nitrogens is 1. The lowest BCUT2D eigenvalue weighted by molar-refractivity contribution is 0.226. The molecule has 1 atom stereocenters. The van der Waals surface area contributed by atoms with Crippen LogP contribution in [-0.2, 0) is 6.54 Å². The second-order valence-corrected chi connectivity index (χ2v) is 6.19. The minimum absolute atomic E-state index is 0.513. The minimum Gasteiger partial charge on any atom is -0.331 e. The highest BCUT2D eigenvalue weighted by Crippen LogP contribution is 2.27. The zero-order valence-electron chi connectivity index (χ0n) is 11.8.